The first-order valence-electron chi connectivity index (χ1n) is 6.78. The summed E-state index contributed by atoms with van der Waals surface area (Å²) in [6, 6.07) is 13.1. The minimum Gasteiger partial charge on any atom is -0.361 e. The zero-order valence-electron chi connectivity index (χ0n) is 11.9. The zero-order valence-corrected chi connectivity index (χ0v) is 11.9. The average molecular weight is 306 g/mol. The molecule has 0 saturated heterocycles. The number of nitriles is 1. The molecule has 0 atom stereocenters. The lowest BCUT2D eigenvalue weighted by atomic mass is 10.1. The van der Waals surface area contributed by atoms with Gasteiger partial charge < -0.3 is 4.98 Å². The topological polar surface area (TPSA) is 81.0 Å². The van der Waals surface area contributed by atoms with E-state index in [4.69, 9.17) is 5.26 Å². The number of H-pyrrole nitrogens is 1. The molecule has 6 heteroatoms. The van der Waals surface area contributed by atoms with Gasteiger partial charge in [-0.1, -0.05) is 18.2 Å². The molecule has 0 aliphatic rings. The number of nitrogens with one attached hydrogen (secondary N) is 2. The van der Waals surface area contributed by atoms with Gasteiger partial charge in [-0.3, -0.25) is 4.79 Å². The van der Waals surface area contributed by atoms with E-state index in [2.05, 4.69) is 15.5 Å². The standard InChI is InChI=1S/C17H11FN4O/c18-15-7-11(8-19)5-6-14(15)17(23)22-21-10-12-9-20-16-4-2-1-3-13(12)16/h1-7,9-10,20H,(H,22,23). The Hall–Kier alpha value is -3.46. The van der Waals surface area contributed by atoms with Crippen molar-refractivity contribution in [2.24, 2.45) is 5.10 Å². The third-order valence-corrected chi connectivity index (χ3v) is 3.33. The summed E-state index contributed by atoms with van der Waals surface area (Å²) in [4.78, 5) is 15.0. The van der Waals surface area contributed by atoms with Crippen LogP contribution in [0.2, 0.25) is 0 Å². The number of rotatable bonds is 3. The smallest absolute Gasteiger partial charge is 0.274 e. The number of carbonyl (C=O) groups is 1. The summed E-state index contributed by atoms with van der Waals surface area (Å²) in [7, 11) is 0. The highest BCUT2D eigenvalue weighted by Gasteiger charge is 2.11. The number of hydrogen-bond acceptors (Lipinski definition) is 3. The maximum atomic E-state index is 13.7. The van der Waals surface area contributed by atoms with Gasteiger partial charge in [0.2, 0.25) is 0 Å². The maximum absolute atomic E-state index is 13.7. The second-order valence-corrected chi connectivity index (χ2v) is 4.80. The number of para-hydroxylation sites is 1. The molecule has 0 unspecified atom stereocenters. The van der Waals surface area contributed by atoms with E-state index in [9.17, 15) is 9.18 Å². The van der Waals surface area contributed by atoms with Crippen LogP contribution in [-0.4, -0.2) is 17.1 Å². The van der Waals surface area contributed by atoms with Gasteiger partial charge in [-0.2, -0.15) is 10.4 Å². The van der Waals surface area contributed by atoms with Crippen LogP contribution in [0.5, 0.6) is 0 Å². The third kappa shape index (κ3) is 2.94. The molecular formula is C17H11FN4O. The minimum absolute atomic E-state index is 0.154. The number of benzene rings is 2. The molecule has 3 rings (SSSR count). The molecule has 0 fully saturated rings. The fraction of sp³-hybridized carbons (Fsp3) is 0. The lowest BCUT2D eigenvalue weighted by molar-refractivity contribution is 0.0951. The zero-order chi connectivity index (χ0) is 16.2. The Balaban J connectivity index is 1.75. The Morgan fingerprint density at radius 2 is 2.13 bits per heavy atom. The van der Waals surface area contributed by atoms with Crippen LogP contribution in [0, 0.1) is 17.1 Å². The van der Waals surface area contributed by atoms with Crippen LogP contribution in [0.15, 0.2) is 53.8 Å². The van der Waals surface area contributed by atoms with Crippen LogP contribution in [-0.2, 0) is 0 Å². The summed E-state index contributed by atoms with van der Waals surface area (Å²) < 4.78 is 13.7. The van der Waals surface area contributed by atoms with E-state index in [-0.39, 0.29) is 11.1 Å². The van der Waals surface area contributed by atoms with E-state index in [0.717, 1.165) is 22.5 Å². The van der Waals surface area contributed by atoms with Crippen molar-refractivity contribution < 1.29 is 9.18 Å². The van der Waals surface area contributed by atoms with Crippen LogP contribution in [0.25, 0.3) is 10.9 Å². The lowest BCUT2D eigenvalue weighted by Gasteiger charge is -2.01. The van der Waals surface area contributed by atoms with E-state index >= 15 is 0 Å². The van der Waals surface area contributed by atoms with Crippen molar-refractivity contribution in [2.75, 3.05) is 0 Å². The van der Waals surface area contributed by atoms with Gasteiger partial charge in [0, 0.05) is 22.7 Å². The number of fused-ring (bicyclic) bond motifs is 1. The molecule has 23 heavy (non-hydrogen) atoms. The summed E-state index contributed by atoms with van der Waals surface area (Å²) in [6.07, 6.45) is 3.25. The Kier molecular flexibility index (Phi) is 3.85. The summed E-state index contributed by atoms with van der Waals surface area (Å²) in [5.41, 5.74) is 4.02. The second kappa shape index (κ2) is 6.12. The normalized spacial score (nSPS) is 10.8. The molecule has 112 valence electrons. The molecule has 0 aliphatic carbocycles. The van der Waals surface area contributed by atoms with Gasteiger partial charge in [0.1, 0.15) is 5.82 Å². The number of aromatic nitrogens is 1. The highest BCUT2D eigenvalue weighted by Crippen LogP contribution is 2.15. The van der Waals surface area contributed by atoms with E-state index in [1.165, 1.54) is 18.3 Å². The van der Waals surface area contributed by atoms with Crippen LogP contribution in [0.1, 0.15) is 21.5 Å². The van der Waals surface area contributed by atoms with Crippen LogP contribution in [0.3, 0.4) is 0 Å². The quantitative estimate of drug-likeness (QED) is 0.576. The second-order valence-electron chi connectivity index (χ2n) is 4.80. The number of nitrogens with zero attached hydrogens (tertiary/aromatic N) is 2. The monoisotopic (exact) mass is 306 g/mol. The van der Waals surface area contributed by atoms with Crippen molar-refractivity contribution >= 4 is 23.0 Å². The van der Waals surface area contributed by atoms with Crippen LogP contribution >= 0.6 is 0 Å². The molecule has 0 bridgehead atoms. The molecule has 2 N–H and O–H groups in total. The predicted molar refractivity (Wildman–Crippen MR) is 84.5 cm³/mol. The highest BCUT2D eigenvalue weighted by atomic mass is 19.1. The van der Waals surface area contributed by atoms with E-state index in [1.807, 2.05) is 30.3 Å². The Morgan fingerprint density at radius 1 is 1.30 bits per heavy atom. The van der Waals surface area contributed by atoms with E-state index < -0.39 is 11.7 Å². The minimum atomic E-state index is -0.760. The molecule has 1 heterocycles. The van der Waals surface area contributed by atoms with Crippen molar-refractivity contribution in [1.82, 2.24) is 10.4 Å². The van der Waals surface area contributed by atoms with Crippen molar-refractivity contribution in [3.63, 3.8) is 0 Å². The number of halogens is 1. The third-order valence-electron chi connectivity index (χ3n) is 3.33. The van der Waals surface area contributed by atoms with Gasteiger partial charge in [-0.25, -0.2) is 9.82 Å². The average Bonchev–Trinajstić information content (AvgIpc) is 2.98. The van der Waals surface area contributed by atoms with Gasteiger partial charge >= 0.3 is 0 Å². The van der Waals surface area contributed by atoms with Gasteiger partial charge in [-0.05, 0) is 24.3 Å². The van der Waals surface area contributed by atoms with Crippen molar-refractivity contribution in [1.29, 1.82) is 5.26 Å². The van der Waals surface area contributed by atoms with Crippen molar-refractivity contribution in [2.45, 2.75) is 0 Å². The number of hydrogen-bond donors (Lipinski definition) is 2. The first kappa shape index (κ1) is 14.5. The largest absolute Gasteiger partial charge is 0.361 e. The molecule has 5 nitrogen and oxygen atoms in total. The van der Waals surface area contributed by atoms with Crippen molar-refractivity contribution in [3.8, 4) is 6.07 Å². The van der Waals surface area contributed by atoms with Crippen LogP contribution in [0.4, 0.5) is 4.39 Å². The number of amides is 1. The molecule has 2 aromatic carbocycles. The highest BCUT2D eigenvalue weighted by molar-refractivity contribution is 6.00. The number of hydrazone groups is 1. The van der Waals surface area contributed by atoms with E-state index in [1.54, 1.807) is 6.20 Å². The first-order valence-corrected chi connectivity index (χ1v) is 6.78. The van der Waals surface area contributed by atoms with Gasteiger partial charge in [0.05, 0.1) is 23.4 Å². The van der Waals surface area contributed by atoms with Crippen LogP contribution < -0.4 is 5.43 Å². The lowest BCUT2D eigenvalue weighted by Crippen LogP contribution is -2.19. The molecule has 1 amide bonds. The summed E-state index contributed by atoms with van der Waals surface area (Å²) >= 11 is 0. The summed E-state index contributed by atoms with van der Waals surface area (Å²) in [5.74, 6) is -1.44. The van der Waals surface area contributed by atoms with Gasteiger partial charge in [0.25, 0.3) is 5.91 Å². The molecule has 1 aromatic heterocycles. The molecule has 0 aliphatic heterocycles. The maximum Gasteiger partial charge on any atom is 0.274 e. The number of carbonyl (C=O) groups excluding carboxylic acids is 1. The molecule has 0 spiro atoms. The summed E-state index contributed by atoms with van der Waals surface area (Å²) in [6.45, 7) is 0. The SMILES string of the molecule is N#Cc1ccc(C(=O)NN=Cc2c[nH]c3ccccc23)c(F)c1. The molecular weight excluding hydrogens is 295 g/mol. The molecule has 0 saturated carbocycles. The van der Waals surface area contributed by atoms with E-state index in [0.29, 0.717) is 0 Å². The number of aromatic amines is 1. The van der Waals surface area contributed by atoms with Gasteiger partial charge in [0.15, 0.2) is 0 Å². The fourth-order valence-electron chi connectivity index (χ4n) is 2.19. The van der Waals surface area contributed by atoms with Crippen molar-refractivity contribution in [3.05, 3.63) is 71.2 Å². The Morgan fingerprint density at radius 3 is 2.91 bits per heavy atom. The predicted octanol–water partition coefficient (Wildman–Crippen LogP) is 2.94. The molecule has 0 radical (unpaired) electrons. The molecule has 3 aromatic rings. The first-order chi connectivity index (χ1) is 11.2. The fourth-order valence-corrected chi connectivity index (χ4v) is 2.19. The summed E-state index contributed by atoms with van der Waals surface area (Å²) in [5, 5.41) is 13.5. The van der Waals surface area contributed by atoms with Gasteiger partial charge in [-0.15, -0.1) is 0 Å². The Bertz CT molecular complexity index is 953. The Labute approximate surface area is 131 Å².